The van der Waals surface area contributed by atoms with Crippen LogP contribution in [0.25, 0.3) is 0 Å². The van der Waals surface area contributed by atoms with E-state index in [4.69, 9.17) is 0 Å². The molecule has 0 saturated carbocycles. The Hall–Kier alpha value is -1.94. The van der Waals surface area contributed by atoms with E-state index in [-0.39, 0.29) is 18.4 Å². The number of sulfonamides is 1. The Kier molecular flexibility index (Phi) is 6.95. The van der Waals surface area contributed by atoms with Crippen molar-refractivity contribution >= 4 is 33.0 Å². The van der Waals surface area contributed by atoms with Crippen LogP contribution in [0.5, 0.6) is 0 Å². The van der Waals surface area contributed by atoms with Crippen LogP contribution in [0.1, 0.15) is 18.4 Å². The topological polar surface area (TPSA) is 73.0 Å². The van der Waals surface area contributed by atoms with E-state index in [0.29, 0.717) is 30.1 Å². The molecule has 3 heterocycles. The zero-order valence-corrected chi connectivity index (χ0v) is 19.5. The summed E-state index contributed by atoms with van der Waals surface area (Å²) < 4.78 is 27.3. The van der Waals surface area contributed by atoms with Crippen LogP contribution in [0.4, 0.5) is 5.69 Å². The van der Waals surface area contributed by atoms with Crippen molar-refractivity contribution in [2.45, 2.75) is 23.6 Å². The van der Waals surface area contributed by atoms with Gasteiger partial charge in [0.2, 0.25) is 5.91 Å². The molecule has 9 heteroatoms. The fraction of sp³-hybridized carbons (Fsp3) is 0.500. The maximum atomic E-state index is 12.8. The molecule has 0 unspecified atom stereocenters. The predicted molar refractivity (Wildman–Crippen MR) is 124 cm³/mol. The van der Waals surface area contributed by atoms with E-state index < -0.39 is 10.0 Å². The van der Waals surface area contributed by atoms with Crippen LogP contribution in [-0.4, -0.2) is 69.8 Å². The van der Waals surface area contributed by atoms with Crippen LogP contribution >= 0.6 is 11.3 Å². The Labute approximate surface area is 188 Å². The molecule has 1 atom stereocenters. The van der Waals surface area contributed by atoms with Gasteiger partial charge in [0.15, 0.2) is 0 Å². The number of likely N-dealkylation sites (N-methyl/N-ethyl adjacent to an activating group) is 1. The summed E-state index contributed by atoms with van der Waals surface area (Å²) in [6.45, 7) is 5.36. The first-order valence-electron chi connectivity index (χ1n) is 10.8. The van der Waals surface area contributed by atoms with Gasteiger partial charge in [-0.3, -0.25) is 4.79 Å². The molecule has 2 saturated heterocycles. The fourth-order valence-corrected chi connectivity index (χ4v) is 6.80. The van der Waals surface area contributed by atoms with Crippen molar-refractivity contribution in [1.82, 2.24) is 14.5 Å². The molecule has 168 valence electrons. The van der Waals surface area contributed by atoms with Crippen LogP contribution in [0.2, 0.25) is 0 Å². The van der Waals surface area contributed by atoms with Gasteiger partial charge in [0.05, 0.1) is 5.92 Å². The molecule has 2 aromatic rings. The third kappa shape index (κ3) is 5.28. The highest BCUT2D eigenvalue weighted by Gasteiger charge is 2.33. The van der Waals surface area contributed by atoms with Crippen molar-refractivity contribution in [3.63, 3.8) is 0 Å². The summed E-state index contributed by atoms with van der Waals surface area (Å²) in [5, 5.41) is 4.76. The number of thiophene rings is 1. The maximum Gasteiger partial charge on any atom is 0.252 e. The van der Waals surface area contributed by atoms with Crippen LogP contribution in [0, 0.1) is 5.92 Å². The lowest BCUT2D eigenvalue weighted by Crippen LogP contribution is -2.45. The summed E-state index contributed by atoms with van der Waals surface area (Å²) in [5.74, 6) is -0.387. The summed E-state index contributed by atoms with van der Waals surface area (Å²) >= 11 is 1.22. The highest BCUT2D eigenvalue weighted by Crippen LogP contribution is 2.26. The summed E-state index contributed by atoms with van der Waals surface area (Å²) in [6.07, 6.45) is 1.41. The number of benzene rings is 1. The number of hydrogen-bond acceptors (Lipinski definition) is 6. The Morgan fingerprint density at radius 1 is 1.10 bits per heavy atom. The average molecular weight is 463 g/mol. The number of nitrogens with one attached hydrogen (secondary N) is 1. The van der Waals surface area contributed by atoms with Crippen molar-refractivity contribution in [2.75, 3.05) is 51.2 Å². The molecule has 0 spiro atoms. The van der Waals surface area contributed by atoms with E-state index in [1.807, 2.05) is 0 Å². The standard InChI is InChI=1S/C22H30N4O3S2/c1-24-11-13-25(14-12-24)20-8-6-18(7-9-20)16-23-22(27)19-4-2-10-26(17-19)31(28,29)21-5-3-15-30-21/h3,5-9,15,19H,2,4,10-14,16-17H2,1H3,(H,23,27)/t19-/m0/s1. The molecule has 2 aliphatic heterocycles. The van der Waals surface area contributed by atoms with Crippen molar-refractivity contribution in [3.8, 4) is 0 Å². The van der Waals surface area contributed by atoms with E-state index in [1.165, 1.54) is 21.3 Å². The second kappa shape index (κ2) is 9.68. The van der Waals surface area contributed by atoms with Gasteiger partial charge in [-0.15, -0.1) is 11.3 Å². The lowest BCUT2D eigenvalue weighted by atomic mass is 9.98. The van der Waals surface area contributed by atoms with Gasteiger partial charge in [0.25, 0.3) is 10.0 Å². The Morgan fingerprint density at radius 2 is 1.84 bits per heavy atom. The molecule has 4 rings (SSSR count). The van der Waals surface area contributed by atoms with Crippen molar-refractivity contribution in [1.29, 1.82) is 0 Å². The summed E-state index contributed by atoms with van der Waals surface area (Å²) in [7, 11) is -1.36. The minimum atomic E-state index is -3.51. The monoisotopic (exact) mass is 462 g/mol. The molecule has 31 heavy (non-hydrogen) atoms. The molecule has 1 N–H and O–H groups in total. The molecule has 7 nitrogen and oxygen atoms in total. The molecular weight excluding hydrogens is 432 g/mol. The number of piperidine rings is 1. The van der Waals surface area contributed by atoms with E-state index in [9.17, 15) is 13.2 Å². The van der Waals surface area contributed by atoms with Gasteiger partial charge in [0.1, 0.15) is 4.21 Å². The van der Waals surface area contributed by atoms with Crippen molar-refractivity contribution in [3.05, 3.63) is 47.3 Å². The molecule has 0 aliphatic carbocycles. The van der Waals surface area contributed by atoms with E-state index in [0.717, 1.165) is 31.7 Å². The van der Waals surface area contributed by atoms with Gasteiger partial charge in [-0.05, 0) is 49.0 Å². The minimum Gasteiger partial charge on any atom is -0.369 e. The first-order chi connectivity index (χ1) is 14.9. The normalized spacial score (nSPS) is 21.2. The number of hydrogen-bond donors (Lipinski definition) is 1. The van der Waals surface area contributed by atoms with Crippen LogP contribution < -0.4 is 10.2 Å². The number of rotatable bonds is 6. The maximum absolute atomic E-state index is 12.8. The molecular formula is C22H30N4O3S2. The van der Waals surface area contributed by atoms with Crippen LogP contribution in [0.3, 0.4) is 0 Å². The third-order valence-corrected chi connectivity index (χ3v) is 9.35. The SMILES string of the molecule is CN1CCN(c2ccc(CNC(=O)[C@H]3CCCN(S(=O)(=O)c4cccs4)C3)cc2)CC1. The zero-order valence-electron chi connectivity index (χ0n) is 17.9. The Balaban J connectivity index is 1.30. The molecule has 1 aromatic heterocycles. The summed E-state index contributed by atoms with van der Waals surface area (Å²) in [6, 6.07) is 11.7. The first kappa shape index (κ1) is 22.3. The van der Waals surface area contributed by atoms with Crippen LogP contribution in [-0.2, 0) is 21.4 Å². The Morgan fingerprint density at radius 3 is 2.52 bits per heavy atom. The highest BCUT2D eigenvalue weighted by molar-refractivity contribution is 7.91. The van der Waals surface area contributed by atoms with E-state index >= 15 is 0 Å². The Bertz CT molecular complexity index is 969. The third-order valence-electron chi connectivity index (χ3n) is 6.12. The molecule has 2 fully saturated rings. The number of nitrogens with zero attached hydrogens (tertiary/aromatic N) is 3. The molecule has 0 radical (unpaired) electrons. The number of anilines is 1. The number of carbonyl (C=O) groups excluding carboxylic acids is 1. The van der Waals surface area contributed by atoms with Gasteiger partial charge in [-0.1, -0.05) is 18.2 Å². The molecule has 1 aromatic carbocycles. The smallest absolute Gasteiger partial charge is 0.252 e. The zero-order chi connectivity index (χ0) is 21.8. The summed E-state index contributed by atoms with van der Waals surface area (Å²) in [5.41, 5.74) is 2.26. The van der Waals surface area contributed by atoms with Crippen molar-refractivity contribution in [2.24, 2.45) is 5.92 Å². The van der Waals surface area contributed by atoms with Crippen molar-refractivity contribution < 1.29 is 13.2 Å². The average Bonchev–Trinajstić information content (AvgIpc) is 3.34. The highest BCUT2D eigenvalue weighted by atomic mass is 32.2. The van der Waals surface area contributed by atoms with Gasteiger partial charge in [0, 0.05) is 51.5 Å². The quantitative estimate of drug-likeness (QED) is 0.713. The second-order valence-electron chi connectivity index (χ2n) is 8.31. The fourth-order valence-electron chi connectivity index (χ4n) is 4.14. The molecule has 0 bridgehead atoms. The molecule has 2 aliphatic rings. The number of carbonyl (C=O) groups is 1. The minimum absolute atomic E-state index is 0.0748. The number of amides is 1. The predicted octanol–water partition coefficient (Wildman–Crippen LogP) is 2.22. The largest absolute Gasteiger partial charge is 0.369 e. The molecule has 1 amide bonds. The second-order valence-corrected chi connectivity index (χ2v) is 11.4. The lowest BCUT2D eigenvalue weighted by Gasteiger charge is -2.34. The number of piperazine rings is 1. The summed E-state index contributed by atoms with van der Waals surface area (Å²) in [4.78, 5) is 17.4. The van der Waals surface area contributed by atoms with Crippen LogP contribution in [0.15, 0.2) is 46.0 Å². The van der Waals surface area contributed by atoms with E-state index in [1.54, 1.807) is 17.5 Å². The lowest BCUT2D eigenvalue weighted by molar-refractivity contribution is -0.126. The van der Waals surface area contributed by atoms with Gasteiger partial charge in [-0.2, -0.15) is 4.31 Å². The first-order valence-corrected chi connectivity index (χ1v) is 13.1. The van der Waals surface area contributed by atoms with Gasteiger partial charge in [-0.25, -0.2) is 8.42 Å². The van der Waals surface area contributed by atoms with Gasteiger partial charge < -0.3 is 15.1 Å². The van der Waals surface area contributed by atoms with Gasteiger partial charge >= 0.3 is 0 Å². The van der Waals surface area contributed by atoms with E-state index in [2.05, 4.69) is 46.4 Å².